The number of amides is 1. The van der Waals surface area contributed by atoms with Crippen LogP contribution in [0.25, 0.3) is 0 Å². The Kier molecular flexibility index (Phi) is 9.32. The average Bonchev–Trinajstić information content (AvgIpc) is 2.45. The molecule has 2 unspecified atom stereocenters. The third kappa shape index (κ3) is 7.20. The fourth-order valence-electron chi connectivity index (χ4n) is 2.98. The first kappa shape index (κ1) is 16.8. The van der Waals surface area contributed by atoms with E-state index in [4.69, 9.17) is 11.6 Å². The first-order valence-corrected chi connectivity index (χ1v) is 8.64. The number of carbonyl (C=O) groups excluding carboxylic acids is 1. The molecule has 2 atom stereocenters. The molecule has 0 aromatic carbocycles. The maximum absolute atomic E-state index is 11.8. The Labute approximate surface area is 123 Å². The fraction of sp³-hybridized carbons (Fsp3) is 0.938. The summed E-state index contributed by atoms with van der Waals surface area (Å²) in [6, 6.07) is 0. The van der Waals surface area contributed by atoms with E-state index < -0.39 is 0 Å². The number of rotatable bonds is 9. The highest BCUT2D eigenvalue weighted by Gasteiger charge is 2.24. The predicted molar refractivity (Wildman–Crippen MR) is 82.6 cm³/mol. The Morgan fingerprint density at radius 1 is 1.11 bits per heavy atom. The lowest BCUT2D eigenvalue weighted by atomic mass is 9.80. The molecular weight excluding hydrogens is 258 g/mol. The molecule has 1 saturated carbocycles. The number of halogens is 1. The van der Waals surface area contributed by atoms with Crippen LogP contribution in [0.1, 0.15) is 71.1 Å². The van der Waals surface area contributed by atoms with Crippen molar-refractivity contribution in [1.82, 2.24) is 5.32 Å². The van der Waals surface area contributed by atoms with E-state index in [9.17, 15) is 4.79 Å². The molecule has 0 aromatic rings. The number of nitrogens with one attached hydrogen (secondary N) is 1. The lowest BCUT2D eigenvalue weighted by Crippen LogP contribution is -2.34. The van der Waals surface area contributed by atoms with Crippen LogP contribution in [0.2, 0.25) is 0 Å². The van der Waals surface area contributed by atoms with Gasteiger partial charge in [-0.3, -0.25) is 4.79 Å². The maximum Gasteiger partial charge on any atom is 0.220 e. The minimum Gasteiger partial charge on any atom is -0.356 e. The van der Waals surface area contributed by atoms with Crippen LogP contribution in [0.4, 0.5) is 0 Å². The highest BCUT2D eigenvalue weighted by atomic mass is 35.5. The summed E-state index contributed by atoms with van der Waals surface area (Å²) in [5.74, 6) is 2.20. The van der Waals surface area contributed by atoms with Crippen LogP contribution in [0.15, 0.2) is 0 Å². The van der Waals surface area contributed by atoms with Gasteiger partial charge in [0.2, 0.25) is 5.91 Å². The zero-order valence-corrected chi connectivity index (χ0v) is 13.2. The Hall–Kier alpha value is -0.240. The van der Waals surface area contributed by atoms with Gasteiger partial charge in [0, 0.05) is 18.8 Å². The fourth-order valence-corrected chi connectivity index (χ4v) is 3.39. The molecule has 1 amide bonds. The van der Waals surface area contributed by atoms with Crippen molar-refractivity contribution in [2.45, 2.75) is 71.1 Å². The Morgan fingerprint density at radius 2 is 1.79 bits per heavy atom. The minimum atomic E-state index is 0.232. The van der Waals surface area contributed by atoms with Crippen LogP contribution in [-0.4, -0.2) is 18.3 Å². The van der Waals surface area contributed by atoms with Crippen molar-refractivity contribution in [2.24, 2.45) is 11.8 Å². The summed E-state index contributed by atoms with van der Waals surface area (Å²) in [5, 5.41) is 3.11. The van der Waals surface area contributed by atoms with Gasteiger partial charge in [0.15, 0.2) is 0 Å². The van der Waals surface area contributed by atoms with E-state index in [1.165, 1.54) is 51.4 Å². The second-order valence-corrected chi connectivity index (χ2v) is 6.24. The topological polar surface area (TPSA) is 29.1 Å². The van der Waals surface area contributed by atoms with Crippen molar-refractivity contribution < 1.29 is 4.79 Å². The van der Waals surface area contributed by atoms with Gasteiger partial charge in [0.1, 0.15) is 0 Å². The van der Waals surface area contributed by atoms with Gasteiger partial charge < -0.3 is 5.32 Å². The van der Waals surface area contributed by atoms with Gasteiger partial charge in [-0.2, -0.15) is 0 Å². The highest BCUT2D eigenvalue weighted by molar-refractivity contribution is 6.18. The normalized spacial score (nSPS) is 23.3. The zero-order chi connectivity index (χ0) is 13.9. The third-order valence-electron chi connectivity index (χ3n) is 4.33. The van der Waals surface area contributed by atoms with E-state index in [1.54, 1.807) is 0 Å². The number of unbranched alkanes of at least 4 members (excludes halogenated alkanes) is 4. The van der Waals surface area contributed by atoms with Gasteiger partial charge in [-0.25, -0.2) is 0 Å². The van der Waals surface area contributed by atoms with E-state index in [1.807, 2.05) is 0 Å². The summed E-state index contributed by atoms with van der Waals surface area (Å²) >= 11 is 6.01. The minimum absolute atomic E-state index is 0.232. The summed E-state index contributed by atoms with van der Waals surface area (Å²) in [4.78, 5) is 11.8. The van der Waals surface area contributed by atoms with Crippen molar-refractivity contribution in [2.75, 3.05) is 12.4 Å². The molecule has 0 radical (unpaired) electrons. The molecule has 0 bridgehead atoms. The molecule has 1 N–H and O–H groups in total. The zero-order valence-electron chi connectivity index (χ0n) is 12.4. The molecule has 0 aromatic heterocycles. The lowest BCUT2D eigenvalue weighted by Gasteiger charge is -2.30. The smallest absolute Gasteiger partial charge is 0.220 e. The molecule has 112 valence electrons. The highest BCUT2D eigenvalue weighted by Crippen LogP contribution is 2.30. The molecule has 0 aliphatic heterocycles. The molecule has 2 nitrogen and oxygen atoms in total. The number of hydrogen-bond donors (Lipinski definition) is 1. The monoisotopic (exact) mass is 287 g/mol. The molecule has 0 saturated heterocycles. The van der Waals surface area contributed by atoms with Crippen LogP contribution in [0.3, 0.4) is 0 Å². The Balaban J connectivity index is 2.08. The van der Waals surface area contributed by atoms with E-state index in [2.05, 4.69) is 12.2 Å². The second kappa shape index (κ2) is 10.5. The molecule has 1 aliphatic carbocycles. The van der Waals surface area contributed by atoms with Crippen molar-refractivity contribution in [3.8, 4) is 0 Å². The first-order valence-electron chi connectivity index (χ1n) is 8.10. The van der Waals surface area contributed by atoms with E-state index >= 15 is 0 Å². The van der Waals surface area contributed by atoms with Crippen LogP contribution in [0.5, 0.6) is 0 Å². The maximum atomic E-state index is 11.8. The van der Waals surface area contributed by atoms with Gasteiger partial charge in [0.05, 0.1) is 0 Å². The summed E-state index contributed by atoms with van der Waals surface area (Å²) in [6.45, 7) is 3.05. The first-order chi connectivity index (χ1) is 9.27. The molecule has 1 fully saturated rings. The molecule has 0 heterocycles. The number of alkyl halides is 1. The van der Waals surface area contributed by atoms with Crippen LogP contribution in [-0.2, 0) is 4.79 Å². The summed E-state index contributed by atoms with van der Waals surface area (Å²) in [5.41, 5.74) is 0. The van der Waals surface area contributed by atoms with E-state index in [0.717, 1.165) is 18.8 Å². The van der Waals surface area contributed by atoms with Gasteiger partial charge in [-0.1, -0.05) is 45.4 Å². The summed E-state index contributed by atoms with van der Waals surface area (Å²) in [7, 11) is 0. The summed E-state index contributed by atoms with van der Waals surface area (Å²) < 4.78 is 0. The van der Waals surface area contributed by atoms with Gasteiger partial charge in [0.25, 0.3) is 0 Å². The van der Waals surface area contributed by atoms with Crippen molar-refractivity contribution in [1.29, 1.82) is 0 Å². The quantitative estimate of drug-likeness (QED) is 0.491. The second-order valence-electron chi connectivity index (χ2n) is 5.93. The van der Waals surface area contributed by atoms with Gasteiger partial charge in [-0.05, 0) is 31.1 Å². The Bertz CT molecular complexity index is 245. The lowest BCUT2D eigenvalue weighted by molar-refractivity contribution is -0.121. The molecule has 1 aliphatic rings. The third-order valence-corrected chi connectivity index (χ3v) is 4.73. The summed E-state index contributed by atoms with van der Waals surface area (Å²) in [6.07, 6.45) is 11.8. The molecular formula is C16H30ClNO. The largest absolute Gasteiger partial charge is 0.356 e. The van der Waals surface area contributed by atoms with Gasteiger partial charge >= 0.3 is 0 Å². The van der Waals surface area contributed by atoms with Crippen LogP contribution in [0, 0.1) is 11.8 Å². The standard InChI is InChI=1S/C16H30ClNO/c1-2-3-4-5-6-11-16(19)18-13-15-10-8-7-9-14(15)12-17/h14-15H,2-13H2,1H3,(H,18,19). The van der Waals surface area contributed by atoms with Crippen LogP contribution >= 0.6 is 11.6 Å². The molecule has 3 heteroatoms. The van der Waals surface area contributed by atoms with Crippen molar-refractivity contribution >= 4 is 17.5 Å². The predicted octanol–water partition coefficient (Wildman–Crippen LogP) is 4.51. The van der Waals surface area contributed by atoms with Crippen molar-refractivity contribution in [3.63, 3.8) is 0 Å². The van der Waals surface area contributed by atoms with Gasteiger partial charge in [-0.15, -0.1) is 11.6 Å². The average molecular weight is 288 g/mol. The molecule has 1 rings (SSSR count). The number of carbonyl (C=O) groups is 1. The Morgan fingerprint density at radius 3 is 2.47 bits per heavy atom. The van der Waals surface area contributed by atoms with E-state index in [0.29, 0.717) is 18.3 Å². The molecule has 0 spiro atoms. The van der Waals surface area contributed by atoms with Crippen molar-refractivity contribution in [3.05, 3.63) is 0 Å². The molecule has 19 heavy (non-hydrogen) atoms. The number of hydrogen-bond acceptors (Lipinski definition) is 1. The SMILES string of the molecule is CCCCCCCC(=O)NCC1CCCCC1CCl. The van der Waals surface area contributed by atoms with E-state index in [-0.39, 0.29) is 5.91 Å². The van der Waals surface area contributed by atoms with Crippen LogP contribution < -0.4 is 5.32 Å².